The number of anilines is 2. The Morgan fingerprint density at radius 1 is 1.06 bits per heavy atom. The fraction of sp³-hybridized carbons (Fsp3) is 0.227. The van der Waals surface area contributed by atoms with Crippen molar-refractivity contribution in [3.8, 4) is 23.4 Å². The van der Waals surface area contributed by atoms with Gasteiger partial charge < -0.3 is 15.1 Å². The van der Waals surface area contributed by atoms with Crippen LogP contribution in [0, 0.1) is 29.3 Å². The van der Waals surface area contributed by atoms with Gasteiger partial charge in [0.15, 0.2) is 28.9 Å². The predicted octanol–water partition coefficient (Wildman–Crippen LogP) is 2.56. The molecule has 0 aliphatic carbocycles. The molecule has 0 saturated carbocycles. The van der Waals surface area contributed by atoms with E-state index >= 15 is 0 Å². The van der Waals surface area contributed by atoms with E-state index < -0.39 is 17.5 Å². The van der Waals surface area contributed by atoms with Gasteiger partial charge in [0.2, 0.25) is 5.82 Å². The summed E-state index contributed by atoms with van der Waals surface area (Å²) in [6, 6.07) is 4.88. The molecule has 4 aromatic rings. The van der Waals surface area contributed by atoms with Crippen molar-refractivity contribution >= 4 is 17.2 Å². The Balaban J connectivity index is 1.24. The van der Waals surface area contributed by atoms with E-state index in [0.29, 0.717) is 67.8 Å². The average molecular weight is 453 g/mol. The van der Waals surface area contributed by atoms with Gasteiger partial charge in [0, 0.05) is 38.3 Å². The summed E-state index contributed by atoms with van der Waals surface area (Å²) in [5, 5.41) is 4.35. The summed E-state index contributed by atoms with van der Waals surface area (Å²) < 4.78 is 48.0. The van der Waals surface area contributed by atoms with Crippen molar-refractivity contribution in [1.29, 1.82) is 0 Å². The van der Waals surface area contributed by atoms with Crippen LogP contribution < -0.4 is 10.6 Å². The molecule has 0 radical (unpaired) electrons. The largest absolute Gasteiger partial charge is 0.461 e. The monoisotopic (exact) mass is 453 g/mol. The highest BCUT2D eigenvalue weighted by molar-refractivity contribution is 5.63. The van der Waals surface area contributed by atoms with Gasteiger partial charge in [-0.05, 0) is 18.1 Å². The van der Waals surface area contributed by atoms with E-state index in [9.17, 15) is 13.2 Å². The smallest absolute Gasteiger partial charge is 0.218 e. The number of benzene rings is 1. The highest BCUT2D eigenvalue weighted by Gasteiger charge is 2.22. The van der Waals surface area contributed by atoms with Crippen molar-refractivity contribution in [2.75, 3.05) is 43.4 Å². The molecule has 1 fully saturated rings. The molecule has 4 heterocycles. The number of halogens is 3. The Morgan fingerprint density at radius 2 is 1.82 bits per heavy atom. The summed E-state index contributed by atoms with van der Waals surface area (Å²) in [5.41, 5.74) is 6.65. The Morgan fingerprint density at radius 3 is 2.52 bits per heavy atom. The van der Waals surface area contributed by atoms with Crippen molar-refractivity contribution < 1.29 is 17.6 Å². The fourth-order valence-electron chi connectivity index (χ4n) is 3.69. The Kier molecular flexibility index (Phi) is 5.35. The molecule has 0 atom stereocenters. The van der Waals surface area contributed by atoms with Gasteiger partial charge in [-0.15, -0.1) is 5.10 Å². The molecule has 0 unspecified atom stereocenters. The van der Waals surface area contributed by atoms with E-state index in [1.807, 2.05) is 0 Å². The molecule has 33 heavy (non-hydrogen) atoms. The lowest BCUT2D eigenvalue weighted by molar-refractivity contribution is 0.286. The lowest BCUT2D eigenvalue weighted by Gasteiger charge is -2.35. The molecule has 3 aromatic heterocycles. The molecule has 8 nitrogen and oxygen atoms in total. The molecular weight excluding hydrogens is 435 g/mol. The highest BCUT2D eigenvalue weighted by atomic mass is 19.1. The van der Waals surface area contributed by atoms with Crippen LogP contribution in [-0.4, -0.2) is 57.2 Å². The number of piperazine rings is 1. The quantitative estimate of drug-likeness (QED) is 0.477. The molecule has 2 N–H and O–H groups in total. The van der Waals surface area contributed by atoms with Gasteiger partial charge in [0.1, 0.15) is 17.2 Å². The van der Waals surface area contributed by atoms with Crippen molar-refractivity contribution in [3.05, 3.63) is 59.9 Å². The summed E-state index contributed by atoms with van der Waals surface area (Å²) in [4.78, 5) is 12.2. The van der Waals surface area contributed by atoms with Crippen LogP contribution in [0.25, 0.3) is 17.2 Å². The summed E-state index contributed by atoms with van der Waals surface area (Å²) in [5.74, 6) is 4.39. The van der Waals surface area contributed by atoms with Gasteiger partial charge in [-0.3, -0.25) is 4.90 Å². The summed E-state index contributed by atoms with van der Waals surface area (Å²) >= 11 is 0. The lowest BCUT2D eigenvalue weighted by Crippen LogP contribution is -2.47. The van der Waals surface area contributed by atoms with Crippen LogP contribution in [0.3, 0.4) is 0 Å². The minimum atomic E-state index is -0.932. The minimum absolute atomic E-state index is 0.197. The SMILES string of the molecule is Nc1nc(C#CCN2CCN(c3c(F)cc(F)cc3F)CC2)cn2nc(-c3ccco3)nc12. The number of nitrogens with two attached hydrogens (primary N) is 1. The number of fused-ring (bicyclic) bond motifs is 1. The second-order valence-corrected chi connectivity index (χ2v) is 7.48. The van der Waals surface area contributed by atoms with Gasteiger partial charge in [-0.1, -0.05) is 5.92 Å². The van der Waals surface area contributed by atoms with E-state index in [2.05, 4.69) is 31.8 Å². The average Bonchev–Trinajstić information content (AvgIpc) is 3.44. The van der Waals surface area contributed by atoms with Crippen molar-refractivity contribution in [2.45, 2.75) is 0 Å². The van der Waals surface area contributed by atoms with E-state index in [1.165, 1.54) is 10.8 Å². The maximum Gasteiger partial charge on any atom is 0.218 e. The van der Waals surface area contributed by atoms with Gasteiger partial charge in [0.25, 0.3) is 0 Å². The number of rotatable bonds is 3. The maximum atomic E-state index is 14.0. The molecule has 0 spiro atoms. The molecule has 11 heteroatoms. The fourth-order valence-corrected chi connectivity index (χ4v) is 3.69. The van der Waals surface area contributed by atoms with Crippen LogP contribution in [0.2, 0.25) is 0 Å². The van der Waals surface area contributed by atoms with Crippen LogP contribution in [0.4, 0.5) is 24.7 Å². The van der Waals surface area contributed by atoms with Crippen LogP contribution in [0.15, 0.2) is 41.1 Å². The first-order valence-electron chi connectivity index (χ1n) is 10.2. The molecule has 0 bridgehead atoms. The number of furan rings is 1. The van der Waals surface area contributed by atoms with Crippen LogP contribution in [0.5, 0.6) is 0 Å². The third-order valence-corrected chi connectivity index (χ3v) is 5.28. The zero-order chi connectivity index (χ0) is 22.9. The van der Waals surface area contributed by atoms with E-state index in [-0.39, 0.29) is 11.5 Å². The van der Waals surface area contributed by atoms with E-state index in [1.54, 1.807) is 23.2 Å². The first-order valence-corrected chi connectivity index (χ1v) is 10.2. The molecule has 168 valence electrons. The van der Waals surface area contributed by atoms with E-state index in [0.717, 1.165) is 0 Å². The first-order chi connectivity index (χ1) is 16.0. The third-order valence-electron chi connectivity index (χ3n) is 5.28. The minimum Gasteiger partial charge on any atom is -0.461 e. The van der Waals surface area contributed by atoms with E-state index in [4.69, 9.17) is 10.2 Å². The topological polar surface area (TPSA) is 88.7 Å². The predicted molar refractivity (Wildman–Crippen MR) is 115 cm³/mol. The second kappa shape index (κ2) is 8.48. The number of aromatic nitrogens is 4. The second-order valence-electron chi connectivity index (χ2n) is 7.48. The number of hydrogen-bond acceptors (Lipinski definition) is 7. The normalized spacial score (nSPS) is 14.5. The summed E-state index contributed by atoms with van der Waals surface area (Å²) in [7, 11) is 0. The summed E-state index contributed by atoms with van der Waals surface area (Å²) in [6.07, 6.45) is 3.17. The standard InChI is InChI=1S/C22H18F3N7O/c23-14-11-16(24)19(17(25)12-14)31-8-6-30(7-9-31)5-1-3-15-13-32-22(20(26)27-15)28-21(29-32)18-4-2-10-33-18/h2,4,10-13H,5-9H2,(H2,26,27). The first kappa shape index (κ1) is 20.8. The third kappa shape index (κ3) is 4.20. The Hall–Kier alpha value is -4.04. The lowest BCUT2D eigenvalue weighted by atomic mass is 10.2. The zero-order valence-corrected chi connectivity index (χ0v) is 17.3. The van der Waals surface area contributed by atoms with Crippen molar-refractivity contribution in [2.24, 2.45) is 0 Å². The van der Waals surface area contributed by atoms with Gasteiger partial charge in [-0.2, -0.15) is 0 Å². The number of nitrogen functional groups attached to an aromatic ring is 1. The number of nitrogens with zero attached hydrogens (tertiary/aromatic N) is 6. The zero-order valence-electron chi connectivity index (χ0n) is 17.3. The van der Waals surface area contributed by atoms with Gasteiger partial charge >= 0.3 is 0 Å². The Labute approximate surface area is 186 Å². The van der Waals surface area contributed by atoms with Crippen LogP contribution in [-0.2, 0) is 0 Å². The van der Waals surface area contributed by atoms with Gasteiger partial charge in [0.05, 0.1) is 19.0 Å². The molecule has 0 amide bonds. The van der Waals surface area contributed by atoms with Crippen molar-refractivity contribution in [3.63, 3.8) is 0 Å². The molecule has 1 aliphatic heterocycles. The van der Waals surface area contributed by atoms with Crippen LogP contribution in [0.1, 0.15) is 5.69 Å². The molecule has 1 aromatic carbocycles. The highest BCUT2D eigenvalue weighted by Crippen LogP contribution is 2.25. The van der Waals surface area contributed by atoms with Gasteiger partial charge in [-0.25, -0.2) is 27.7 Å². The van der Waals surface area contributed by atoms with Crippen molar-refractivity contribution in [1.82, 2.24) is 24.5 Å². The molecule has 1 saturated heterocycles. The van der Waals surface area contributed by atoms with Crippen LogP contribution >= 0.6 is 0 Å². The molecular formula is C22H18F3N7O. The maximum absolute atomic E-state index is 14.0. The molecule has 5 rings (SSSR count). The summed E-state index contributed by atoms with van der Waals surface area (Å²) in [6.45, 7) is 2.33. The Bertz CT molecular complexity index is 1340. The molecule has 1 aliphatic rings. The number of hydrogen-bond donors (Lipinski definition) is 1.